The Bertz CT molecular complexity index is 748. The van der Waals surface area contributed by atoms with Crippen LogP contribution in [-0.2, 0) is 52.0 Å². The van der Waals surface area contributed by atoms with E-state index >= 15 is 0 Å². The third-order valence-corrected chi connectivity index (χ3v) is 6.35. The Morgan fingerprint density at radius 1 is 0.818 bits per heavy atom. The minimum atomic E-state index is -0.790. The highest BCUT2D eigenvalue weighted by molar-refractivity contribution is 6.45. The number of rotatable bonds is 6. The average Bonchev–Trinajstić information content (AvgIpc) is 3.43. The molecule has 12 heteroatoms. The quantitative estimate of drug-likeness (QED) is 0.408. The van der Waals surface area contributed by atoms with Gasteiger partial charge in [0.2, 0.25) is 0 Å². The van der Waals surface area contributed by atoms with Crippen LogP contribution in [-0.4, -0.2) is 93.2 Å². The molecule has 5 fully saturated rings. The Kier molecular flexibility index (Phi) is 6.29. The molecule has 0 aliphatic carbocycles. The zero-order valence-corrected chi connectivity index (χ0v) is 19.9. The molecule has 0 aromatic carbocycles. The zero-order valence-electron chi connectivity index (χ0n) is 19.9. The molecule has 5 aliphatic rings. The monoisotopic (exact) mass is 472 g/mol. The Morgan fingerprint density at radius 2 is 1.45 bits per heavy atom. The second-order valence-corrected chi connectivity index (χ2v) is 9.93. The highest BCUT2D eigenvalue weighted by Crippen LogP contribution is 2.44. The summed E-state index contributed by atoms with van der Waals surface area (Å²) in [4.78, 5) is 11.3. The van der Waals surface area contributed by atoms with Gasteiger partial charge in [-0.2, -0.15) is 0 Å². The second-order valence-electron chi connectivity index (χ2n) is 9.93. The second kappa shape index (κ2) is 8.68. The van der Waals surface area contributed by atoms with E-state index in [4.69, 9.17) is 47.2 Å². The van der Waals surface area contributed by atoms with Gasteiger partial charge in [0.1, 0.15) is 49.3 Å². The number of carbonyl (C=O) groups excluding carboxylic acids is 1. The molecule has 0 saturated carbocycles. The summed E-state index contributed by atoms with van der Waals surface area (Å²) in [5, 5.41) is 0. The van der Waals surface area contributed by atoms with E-state index in [0.717, 1.165) is 0 Å². The van der Waals surface area contributed by atoms with Gasteiger partial charge in [-0.3, -0.25) is 4.79 Å². The molecule has 0 spiro atoms. The standard InChI is InChI=1S/C21H33BO11/c1-7-22-32-14-12(8-24-10(2)23)26-18(17(14)33-22)25-9-11-13-15(29-20(3,4)28-13)16-19(27-11)31-21(5,6)30-16/h11-19H,7-9H2,1-6H3. The van der Waals surface area contributed by atoms with E-state index < -0.39 is 54.7 Å². The van der Waals surface area contributed by atoms with E-state index in [1.807, 2.05) is 34.6 Å². The van der Waals surface area contributed by atoms with Gasteiger partial charge in [0.15, 0.2) is 24.2 Å². The summed E-state index contributed by atoms with van der Waals surface area (Å²) in [6.07, 6.45) is -3.58. The van der Waals surface area contributed by atoms with E-state index in [1.54, 1.807) is 0 Å². The molecular formula is C21H33BO11. The lowest BCUT2D eigenvalue weighted by molar-refractivity contribution is -0.259. The van der Waals surface area contributed by atoms with Crippen LogP contribution < -0.4 is 0 Å². The summed E-state index contributed by atoms with van der Waals surface area (Å²) in [7, 11) is -0.357. The van der Waals surface area contributed by atoms with Crippen molar-refractivity contribution in [2.45, 2.75) is 115 Å². The highest BCUT2D eigenvalue weighted by atomic mass is 16.9. The highest BCUT2D eigenvalue weighted by Gasteiger charge is 2.61. The first-order valence-electron chi connectivity index (χ1n) is 11.6. The molecule has 9 unspecified atom stereocenters. The third-order valence-electron chi connectivity index (χ3n) is 6.35. The van der Waals surface area contributed by atoms with Crippen molar-refractivity contribution in [2.24, 2.45) is 0 Å². The van der Waals surface area contributed by atoms with Gasteiger partial charge >= 0.3 is 13.1 Å². The number of ether oxygens (including phenoxy) is 8. The normalized spacial score (nSPS) is 45.0. The van der Waals surface area contributed by atoms with Crippen molar-refractivity contribution in [3.05, 3.63) is 0 Å². The fourth-order valence-electron chi connectivity index (χ4n) is 5.06. The van der Waals surface area contributed by atoms with Crippen molar-refractivity contribution in [3.8, 4) is 0 Å². The van der Waals surface area contributed by atoms with E-state index in [0.29, 0.717) is 6.32 Å². The lowest BCUT2D eigenvalue weighted by Gasteiger charge is -2.37. The Morgan fingerprint density at radius 3 is 2.18 bits per heavy atom. The van der Waals surface area contributed by atoms with Crippen LogP contribution in [0.3, 0.4) is 0 Å². The topological polar surface area (TPSA) is 109 Å². The van der Waals surface area contributed by atoms with Crippen LogP contribution in [0.15, 0.2) is 0 Å². The van der Waals surface area contributed by atoms with Crippen molar-refractivity contribution in [1.29, 1.82) is 0 Å². The van der Waals surface area contributed by atoms with Crippen molar-refractivity contribution < 1.29 is 52.0 Å². The molecule has 186 valence electrons. The van der Waals surface area contributed by atoms with Crippen LogP contribution in [0.25, 0.3) is 0 Å². The van der Waals surface area contributed by atoms with Gasteiger partial charge in [0, 0.05) is 6.92 Å². The molecule has 0 radical (unpaired) electrons. The van der Waals surface area contributed by atoms with E-state index in [-0.39, 0.29) is 38.5 Å². The minimum Gasteiger partial charge on any atom is -0.463 e. The summed E-state index contributed by atoms with van der Waals surface area (Å²) in [5.41, 5.74) is 0. The lowest BCUT2D eigenvalue weighted by Crippen LogP contribution is -2.56. The number of hydrogen-bond acceptors (Lipinski definition) is 11. The van der Waals surface area contributed by atoms with Gasteiger partial charge in [-0.15, -0.1) is 0 Å². The third kappa shape index (κ3) is 4.70. The number of hydrogen-bond donors (Lipinski definition) is 0. The summed E-state index contributed by atoms with van der Waals surface area (Å²) < 4.78 is 59.7. The van der Waals surface area contributed by atoms with Gasteiger partial charge < -0.3 is 47.2 Å². The van der Waals surface area contributed by atoms with Crippen LogP contribution in [0, 0.1) is 0 Å². The molecule has 5 rings (SSSR count). The first kappa shape index (κ1) is 23.9. The van der Waals surface area contributed by atoms with Gasteiger partial charge in [-0.05, 0) is 34.0 Å². The van der Waals surface area contributed by atoms with Crippen LogP contribution in [0.4, 0.5) is 0 Å². The molecule has 5 saturated heterocycles. The van der Waals surface area contributed by atoms with Crippen molar-refractivity contribution in [3.63, 3.8) is 0 Å². The summed E-state index contributed by atoms with van der Waals surface area (Å²) in [5.74, 6) is -1.96. The van der Waals surface area contributed by atoms with Crippen molar-refractivity contribution >= 4 is 13.1 Å². The van der Waals surface area contributed by atoms with Gasteiger partial charge in [0.25, 0.3) is 0 Å². The fraction of sp³-hybridized carbons (Fsp3) is 0.952. The molecule has 9 atom stereocenters. The largest absolute Gasteiger partial charge is 0.463 e. The van der Waals surface area contributed by atoms with E-state index in [2.05, 4.69) is 0 Å². The molecule has 11 nitrogen and oxygen atoms in total. The summed E-state index contributed by atoms with van der Waals surface area (Å²) in [6, 6.07) is 0. The molecular weight excluding hydrogens is 439 g/mol. The molecule has 33 heavy (non-hydrogen) atoms. The van der Waals surface area contributed by atoms with Gasteiger partial charge in [-0.1, -0.05) is 6.92 Å². The van der Waals surface area contributed by atoms with Crippen LogP contribution in [0.2, 0.25) is 6.32 Å². The van der Waals surface area contributed by atoms with E-state index in [1.165, 1.54) is 6.92 Å². The molecule has 5 heterocycles. The first-order chi connectivity index (χ1) is 15.5. The smallest absolute Gasteiger partial charge is 0.457 e. The van der Waals surface area contributed by atoms with E-state index in [9.17, 15) is 4.79 Å². The zero-order chi connectivity index (χ0) is 23.5. The fourth-order valence-corrected chi connectivity index (χ4v) is 5.06. The molecule has 5 aliphatic heterocycles. The maximum absolute atomic E-state index is 11.3. The number of carbonyl (C=O) groups is 1. The van der Waals surface area contributed by atoms with Crippen molar-refractivity contribution in [2.75, 3.05) is 13.2 Å². The Balaban J connectivity index is 1.26. The maximum atomic E-state index is 11.3. The number of esters is 1. The molecule has 0 amide bonds. The molecule has 0 aromatic heterocycles. The minimum absolute atomic E-state index is 0.0654. The molecule has 0 N–H and O–H groups in total. The van der Waals surface area contributed by atoms with Gasteiger partial charge in [-0.25, -0.2) is 0 Å². The maximum Gasteiger partial charge on any atom is 0.457 e. The number of fused-ring (bicyclic) bond motifs is 4. The predicted molar refractivity (Wildman–Crippen MR) is 110 cm³/mol. The SMILES string of the molecule is CCB1OC2C(COC(C)=O)OC(OCC3OC4OC(C)(C)OC4C4OC(C)(C)OC34)C2O1. The van der Waals surface area contributed by atoms with Crippen LogP contribution in [0.5, 0.6) is 0 Å². The molecule has 0 bridgehead atoms. The summed E-state index contributed by atoms with van der Waals surface area (Å²) in [6.45, 7) is 10.9. The predicted octanol–water partition coefficient (Wildman–Crippen LogP) is 0.980. The summed E-state index contributed by atoms with van der Waals surface area (Å²) >= 11 is 0. The van der Waals surface area contributed by atoms with Crippen LogP contribution in [0.1, 0.15) is 41.5 Å². The van der Waals surface area contributed by atoms with Crippen molar-refractivity contribution in [1.82, 2.24) is 0 Å². The van der Waals surface area contributed by atoms with Gasteiger partial charge in [0.05, 0.1) is 6.61 Å². The average molecular weight is 472 g/mol. The first-order valence-corrected chi connectivity index (χ1v) is 11.6. The lowest BCUT2D eigenvalue weighted by atomic mass is 9.87. The Labute approximate surface area is 193 Å². The molecule has 0 aromatic rings. The Hall–Kier alpha value is -0.825. The van der Waals surface area contributed by atoms with Crippen LogP contribution >= 0.6 is 0 Å².